The molecule has 0 aliphatic carbocycles. The van der Waals surface area contributed by atoms with Gasteiger partial charge in [0, 0.05) is 25.6 Å². The second-order valence-corrected chi connectivity index (χ2v) is 7.23. The number of carbonyl (C=O) groups excluding carboxylic acids is 1. The maximum Gasteiger partial charge on any atom is 0.232 e. The number of anilines is 1. The average molecular weight is 358 g/mol. The smallest absolute Gasteiger partial charge is 0.232 e. The number of ether oxygens (including phenoxy) is 2. The summed E-state index contributed by atoms with van der Waals surface area (Å²) in [5, 5.41) is 2.78. The van der Waals surface area contributed by atoms with Gasteiger partial charge < -0.3 is 14.8 Å². The maximum atomic E-state index is 12.2. The van der Waals surface area contributed by atoms with Gasteiger partial charge in [0.05, 0.1) is 26.2 Å². The van der Waals surface area contributed by atoms with Crippen molar-refractivity contribution >= 4 is 21.6 Å². The van der Waals surface area contributed by atoms with Crippen LogP contribution in [0, 0.1) is 0 Å². The highest BCUT2D eigenvalue weighted by Crippen LogP contribution is 2.33. The Bertz CT molecular complexity index is 646. The second kappa shape index (κ2) is 9.36. The highest BCUT2D eigenvalue weighted by Gasteiger charge is 2.22. The van der Waals surface area contributed by atoms with Gasteiger partial charge in [0.1, 0.15) is 11.5 Å². The normalized spacial score (nSPS) is 11.0. The Morgan fingerprint density at radius 2 is 1.96 bits per heavy atom. The third kappa shape index (κ3) is 5.92. The summed E-state index contributed by atoms with van der Waals surface area (Å²) in [5.74, 6) is 0.721. The summed E-state index contributed by atoms with van der Waals surface area (Å²) in [7, 11) is -0.619. The highest BCUT2D eigenvalue weighted by molar-refractivity contribution is 7.92. The van der Waals surface area contributed by atoms with Gasteiger partial charge in [-0.05, 0) is 18.6 Å². The van der Waals surface area contributed by atoms with Crippen molar-refractivity contribution in [2.75, 3.05) is 37.9 Å². The number of carbonyl (C=O) groups is 1. The Balaban J connectivity index is 2.97. The van der Waals surface area contributed by atoms with Crippen molar-refractivity contribution in [2.45, 2.75) is 26.2 Å². The lowest BCUT2D eigenvalue weighted by atomic mass is 10.2. The molecule has 24 heavy (non-hydrogen) atoms. The zero-order valence-corrected chi connectivity index (χ0v) is 15.5. The maximum absolute atomic E-state index is 12.2. The van der Waals surface area contributed by atoms with Gasteiger partial charge in [0.2, 0.25) is 15.9 Å². The summed E-state index contributed by atoms with van der Waals surface area (Å²) in [4.78, 5) is 11.9. The molecule has 0 fully saturated rings. The van der Waals surface area contributed by atoms with Crippen LogP contribution in [0.15, 0.2) is 18.2 Å². The van der Waals surface area contributed by atoms with Crippen LogP contribution in [-0.4, -0.2) is 47.9 Å². The predicted molar refractivity (Wildman–Crippen MR) is 94.3 cm³/mol. The van der Waals surface area contributed by atoms with Crippen LogP contribution in [0.1, 0.15) is 26.2 Å². The van der Waals surface area contributed by atoms with Gasteiger partial charge in [-0.3, -0.25) is 9.10 Å². The Morgan fingerprint density at radius 1 is 1.25 bits per heavy atom. The minimum Gasteiger partial charge on any atom is -0.497 e. The Kier molecular flexibility index (Phi) is 7.84. The van der Waals surface area contributed by atoms with Crippen molar-refractivity contribution in [1.29, 1.82) is 0 Å². The molecule has 0 aromatic heterocycles. The Morgan fingerprint density at radius 3 is 2.50 bits per heavy atom. The first kappa shape index (κ1) is 20.1. The molecule has 0 heterocycles. The fraction of sp³-hybridized carbons (Fsp3) is 0.562. The summed E-state index contributed by atoms with van der Waals surface area (Å²) in [5.41, 5.74) is 0.348. The first-order chi connectivity index (χ1) is 11.3. The zero-order valence-electron chi connectivity index (χ0n) is 14.7. The van der Waals surface area contributed by atoms with Crippen molar-refractivity contribution in [3.63, 3.8) is 0 Å². The van der Waals surface area contributed by atoms with Gasteiger partial charge in [-0.1, -0.05) is 13.3 Å². The Hall–Kier alpha value is -1.96. The number of hydrogen-bond acceptors (Lipinski definition) is 5. The summed E-state index contributed by atoms with van der Waals surface area (Å²) >= 11 is 0. The first-order valence-electron chi connectivity index (χ1n) is 7.80. The molecule has 7 nitrogen and oxygen atoms in total. The molecule has 0 aliphatic rings. The number of unbranched alkanes of at least 4 members (excludes halogenated alkanes) is 1. The van der Waals surface area contributed by atoms with Gasteiger partial charge in [-0.15, -0.1) is 0 Å². The molecule has 0 spiro atoms. The van der Waals surface area contributed by atoms with Gasteiger partial charge in [0.15, 0.2) is 0 Å². The minimum absolute atomic E-state index is 0.0281. The van der Waals surface area contributed by atoms with Crippen LogP contribution in [0.5, 0.6) is 11.5 Å². The van der Waals surface area contributed by atoms with E-state index >= 15 is 0 Å². The lowest BCUT2D eigenvalue weighted by Gasteiger charge is -2.24. The standard InChI is InChI=1S/C16H26N2O5S/c1-5-6-10-17-16(19)9-11-18(24(4,20)21)14-12-13(22-2)7-8-15(14)23-3/h7-8,12H,5-6,9-11H2,1-4H3,(H,17,19). The molecular formula is C16H26N2O5S. The minimum atomic E-state index is -3.58. The monoisotopic (exact) mass is 358 g/mol. The van der Waals surface area contributed by atoms with E-state index in [4.69, 9.17) is 9.47 Å². The van der Waals surface area contributed by atoms with E-state index in [2.05, 4.69) is 5.32 Å². The fourth-order valence-corrected chi connectivity index (χ4v) is 3.08. The van der Waals surface area contributed by atoms with E-state index in [1.807, 2.05) is 6.92 Å². The van der Waals surface area contributed by atoms with E-state index < -0.39 is 10.0 Å². The van der Waals surface area contributed by atoms with Gasteiger partial charge in [-0.25, -0.2) is 8.42 Å². The van der Waals surface area contributed by atoms with Crippen LogP contribution in [0.2, 0.25) is 0 Å². The molecule has 1 N–H and O–H groups in total. The number of benzene rings is 1. The van der Waals surface area contributed by atoms with E-state index in [-0.39, 0.29) is 18.9 Å². The van der Waals surface area contributed by atoms with Crippen LogP contribution in [0.25, 0.3) is 0 Å². The molecule has 136 valence electrons. The molecule has 0 unspecified atom stereocenters. The van der Waals surface area contributed by atoms with E-state index in [9.17, 15) is 13.2 Å². The number of nitrogens with zero attached hydrogens (tertiary/aromatic N) is 1. The van der Waals surface area contributed by atoms with Gasteiger partial charge in [0.25, 0.3) is 0 Å². The SMILES string of the molecule is CCCCNC(=O)CCN(c1cc(OC)ccc1OC)S(C)(=O)=O. The van der Waals surface area contributed by atoms with Crippen molar-refractivity contribution in [3.8, 4) is 11.5 Å². The second-order valence-electron chi connectivity index (χ2n) is 5.33. The van der Waals surface area contributed by atoms with Crippen LogP contribution in [0.4, 0.5) is 5.69 Å². The fourth-order valence-electron chi connectivity index (χ4n) is 2.15. The zero-order chi connectivity index (χ0) is 18.2. The van der Waals surface area contributed by atoms with Crippen molar-refractivity contribution in [2.24, 2.45) is 0 Å². The predicted octanol–water partition coefficient (Wildman–Crippen LogP) is 1.78. The molecule has 1 amide bonds. The van der Waals surface area contributed by atoms with E-state index in [1.54, 1.807) is 18.2 Å². The van der Waals surface area contributed by atoms with Crippen LogP contribution < -0.4 is 19.1 Å². The molecule has 1 aromatic carbocycles. The number of sulfonamides is 1. The third-order valence-electron chi connectivity index (χ3n) is 3.45. The summed E-state index contributed by atoms with van der Waals surface area (Å²) < 4.78 is 35.9. The van der Waals surface area contributed by atoms with Crippen LogP contribution in [0.3, 0.4) is 0 Å². The number of amides is 1. The van der Waals surface area contributed by atoms with E-state index in [0.29, 0.717) is 23.7 Å². The van der Waals surface area contributed by atoms with Crippen LogP contribution in [-0.2, 0) is 14.8 Å². The summed E-state index contributed by atoms with van der Waals surface area (Å²) in [6.07, 6.45) is 3.04. The number of rotatable bonds is 10. The molecule has 0 aliphatic heterocycles. The molecule has 1 rings (SSSR count). The molecule has 0 saturated heterocycles. The first-order valence-corrected chi connectivity index (χ1v) is 9.64. The van der Waals surface area contributed by atoms with Crippen molar-refractivity contribution in [3.05, 3.63) is 18.2 Å². The Labute approximate surface area is 144 Å². The van der Waals surface area contributed by atoms with Crippen LogP contribution >= 0.6 is 0 Å². The lowest BCUT2D eigenvalue weighted by molar-refractivity contribution is -0.120. The molecule has 0 saturated carbocycles. The highest BCUT2D eigenvalue weighted by atomic mass is 32.2. The largest absolute Gasteiger partial charge is 0.497 e. The quantitative estimate of drug-likeness (QED) is 0.645. The average Bonchev–Trinajstić information content (AvgIpc) is 2.53. The molecular weight excluding hydrogens is 332 g/mol. The van der Waals surface area contributed by atoms with Crippen molar-refractivity contribution in [1.82, 2.24) is 5.32 Å². The van der Waals surface area contributed by atoms with Gasteiger partial charge in [-0.2, -0.15) is 0 Å². The molecule has 0 radical (unpaired) electrons. The summed E-state index contributed by atoms with van der Waals surface area (Å²) in [6.45, 7) is 2.66. The molecule has 0 bridgehead atoms. The molecule has 8 heteroatoms. The molecule has 1 aromatic rings. The third-order valence-corrected chi connectivity index (χ3v) is 4.63. The summed E-state index contributed by atoms with van der Waals surface area (Å²) in [6, 6.07) is 4.89. The van der Waals surface area contributed by atoms with Crippen molar-refractivity contribution < 1.29 is 22.7 Å². The molecule has 0 atom stereocenters. The van der Waals surface area contributed by atoms with E-state index in [1.165, 1.54) is 14.2 Å². The lowest BCUT2D eigenvalue weighted by Crippen LogP contribution is -2.35. The number of hydrogen-bond donors (Lipinski definition) is 1. The topological polar surface area (TPSA) is 84.9 Å². The number of methoxy groups -OCH3 is 2. The number of nitrogens with one attached hydrogen (secondary N) is 1. The van der Waals surface area contributed by atoms with Gasteiger partial charge >= 0.3 is 0 Å². The van der Waals surface area contributed by atoms with E-state index in [0.717, 1.165) is 23.4 Å².